The smallest absolute Gasteiger partial charge is 0.308 e. The predicted molar refractivity (Wildman–Crippen MR) is 99.3 cm³/mol. The minimum absolute atomic E-state index is 0.00440. The van der Waals surface area contributed by atoms with Gasteiger partial charge in [0.25, 0.3) is 5.91 Å². The Morgan fingerprint density at radius 1 is 1.30 bits per heavy atom. The highest BCUT2D eigenvalue weighted by Gasteiger charge is 2.35. The molecule has 0 spiro atoms. The summed E-state index contributed by atoms with van der Waals surface area (Å²) in [6.45, 7) is 5.01. The van der Waals surface area contributed by atoms with Gasteiger partial charge in [-0.05, 0) is 44.9 Å². The largest absolute Gasteiger partial charge is 0.495 e. The molecule has 1 aromatic carbocycles. The third-order valence-electron chi connectivity index (χ3n) is 4.23. The Balaban J connectivity index is 2.38. The van der Waals surface area contributed by atoms with Crippen molar-refractivity contribution < 1.29 is 27.9 Å². The number of carboxylic acids is 1. The van der Waals surface area contributed by atoms with Crippen LogP contribution in [0, 0.1) is 5.92 Å². The van der Waals surface area contributed by atoms with Crippen molar-refractivity contribution in [3.63, 3.8) is 0 Å². The lowest BCUT2D eigenvalue weighted by Gasteiger charge is -2.25. The zero-order chi connectivity index (χ0) is 20.4. The Hall–Kier alpha value is -2.13. The number of benzene rings is 1. The van der Waals surface area contributed by atoms with Crippen LogP contribution < -0.4 is 9.46 Å². The molecule has 27 heavy (non-hydrogen) atoms. The van der Waals surface area contributed by atoms with Gasteiger partial charge in [-0.2, -0.15) is 0 Å². The van der Waals surface area contributed by atoms with Crippen LogP contribution in [0.3, 0.4) is 0 Å². The molecule has 2 rings (SSSR count). The molecule has 0 heterocycles. The summed E-state index contributed by atoms with van der Waals surface area (Å²) in [5.74, 6) is -1.93. The van der Waals surface area contributed by atoms with Crippen molar-refractivity contribution in [3.05, 3.63) is 23.8 Å². The molecule has 150 valence electrons. The number of aliphatic carboxylic acids is 1. The number of nitrogens with zero attached hydrogens (tertiary/aromatic N) is 1. The van der Waals surface area contributed by atoms with Gasteiger partial charge >= 0.3 is 5.97 Å². The maximum atomic E-state index is 13.0. The van der Waals surface area contributed by atoms with Crippen molar-refractivity contribution in [3.8, 4) is 5.75 Å². The molecule has 1 aromatic rings. The molecule has 1 aliphatic carbocycles. The highest BCUT2D eigenvalue weighted by atomic mass is 32.2. The highest BCUT2D eigenvalue weighted by molar-refractivity contribution is 7.89. The van der Waals surface area contributed by atoms with Crippen molar-refractivity contribution in [1.29, 1.82) is 0 Å². The van der Waals surface area contributed by atoms with Gasteiger partial charge in [-0.3, -0.25) is 9.59 Å². The monoisotopic (exact) mass is 398 g/mol. The van der Waals surface area contributed by atoms with Crippen LogP contribution in [0.2, 0.25) is 0 Å². The molecule has 0 aliphatic heterocycles. The number of rotatable bonds is 9. The van der Waals surface area contributed by atoms with Gasteiger partial charge in [0.15, 0.2) is 0 Å². The summed E-state index contributed by atoms with van der Waals surface area (Å²) in [6.07, 6.45) is 1.63. The predicted octanol–water partition coefficient (Wildman–Crippen LogP) is 1.71. The number of methoxy groups -OCH3 is 1. The molecule has 0 unspecified atom stereocenters. The number of nitrogens with one attached hydrogen (secondary N) is 1. The Morgan fingerprint density at radius 2 is 1.93 bits per heavy atom. The van der Waals surface area contributed by atoms with E-state index >= 15 is 0 Å². The minimum atomic E-state index is -3.86. The van der Waals surface area contributed by atoms with Crippen molar-refractivity contribution in [1.82, 2.24) is 9.62 Å². The molecule has 1 atom stereocenters. The summed E-state index contributed by atoms with van der Waals surface area (Å²) >= 11 is 0. The zero-order valence-electron chi connectivity index (χ0n) is 15.9. The van der Waals surface area contributed by atoms with E-state index in [-0.39, 0.29) is 40.7 Å². The normalized spacial score (nSPS) is 15.4. The van der Waals surface area contributed by atoms with Crippen molar-refractivity contribution in [2.45, 2.75) is 50.6 Å². The second-order valence-corrected chi connectivity index (χ2v) is 8.75. The lowest BCUT2D eigenvalue weighted by atomic mass is 10.1. The molecule has 0 bridgehead atoms. The maximum Gasteiger partial charge on any atom is 0.308 e. The topological polar surface area (TPSA) is 113 Å². The van der Waals surface area contributed by atoms with E-state index in [1.807, 2.05) is 0 Å². The van der Waals surface area contributed by atoms with E-state index in [1.165, 1.54) is 30.2 Å². The van der Waals surface area contributed by atoms with E-state index in [2.05, 4.69) is 4.72 Å². The molecule has 0 radical (unpaired) electrons. The fourth-order valence-electron chi connectivity index (χ4n) is 2.72. The van der Waals surface area contributed by atoms with Crippen LogP contribution in [-0.4, -0.2) is 56.0 Å². The number of carbonyl (C=O) groups is 2. The van der Waals surface area contributed by atoms with Gasteiger partial charge in [0.1, 0.15) is 10.6 Å². The molecule has 1 fully saturated rings. The second-order valence-electron chi connectivity index (χ2n) is 7.07. The molecular formula is C18H26N2O6S. The van der Waals surface area contributed by atoms with Crippen LogP contribution >= 0.6 is 0 Å². The van der Waals surface area contributed by atoms with Crippen molar-refractivity contribution in [2.75, 3.05) is 13.7 Å². The summed E-state index contributed by atoms with van der Waals surface area (Å²) in [4.78, 5) is 25.5. The molecule has 1 aliphatic rings. The molecule has 8 nitrogen and oxygen atoms in total. The Labute approximate surface area is 159 Å². The average Bonchev–Trinajstić information content (AvgIpc) is 3.41. The van der Waals surface area contributed by atoms with Gasteiger partial charge in [-0.15, -0.1) is 0 Å². The molecule has 2 N–H and O–H groups in total. The SMILES string of the molecule is COc1ccc(C(=O)N(C[C@@H](C)C(=O)O)C2CC2)cc1S(=O)(=O)NC(C)C. The summed E-state index contributed by atoms with van der Waals surface area (Å²) in [6, 6.07) is 3.89. The Morgan fingerprint density at radius 3 is 2.41 bits per heavy atom. The molecule has 1 saturated carbocycles. The van der Waals surface area contributed by atoms with Gasteiger partial charge in [0, 0.05) is 24.2 Å². The third-order valence-corrected chi connectivity index (χ3v) is 5.91. The van der Waals surface area contributed by atoms with E-state index in [4.69, 9.17) is 9.84 Å². The standard InChI is InChI=1S/C18H26N2O6S/c1-11(2)19-27(24,25)16-9-13(5-8-15(16)26-4)17(21)20(14-6-7-14)10-12(3)18(22)23/h5,8-9,11-12,14,19H,6-7,10H2,1-4H3,(H,22,23)/t12-/m1/s1. The van der Waals surface area contributed by atoms with Gasteiger partial charge in [-0.25, -0.2) is 13.1 Å². The van der Waals surface area contributed by atoms with E-state index in [1.54, 1.807) is 20.8 Å². The number of carbonyl (C=O) groups excluding carboxylic acids is 1. The number of carboxylic acid groups (broad SMARTS) is 1. The van der Waals surface area contributed by atoms with Gasteiger partial charge in [-0.1, -0.05) is 6.92 Å². The summed E-state index contributed by atoms with van der Waals surface area (Å²) in [5, 5.41) is 9.15. The quantitative estimate of drug-likeness (QED) is 0.655. The first-order valence-corrected chi connectivity index (χ1v) is 10.3. The first kappa shape index (κ1) is 21.2. The molecule has 9 heteroatoms. The van der Waals surface area contributed by atoms with Crippen LogP contribution in [0.4, 0.5) is 0 Å². The Kier molecular flexibility index (Phi) is 6.48. The second kappa shape index (κ2) is 8.26. The van der Waals surface area contributed by atoms with E-state index in [0.29, 0.717) is 0 Å². The molecule has 0 saturated heterocycles. The third kappa shape index (κ3) is 5.20. The summed E-state index contributed by atoms with van der Waals surface area (Å²) < 4.78 is 32.8. The van der Waals surface area contributed by atoms with Crippen LogP contribution in [0.15, 0.2) is 23.1 Å². The Bertz CT molecular complexity index is 817. The van der Waals surface area contributed by atoms with Gasteiger partial charge in [0.2, 0.25) is 10.0 Å². The average molecular weight is 398 g/mol. The summed E-state index contributed by atoms with van der Waals surface area (Å²) in [5.41, 5.74) is 0.185. The lowest BCUT2D eigenvalue weighted by molar-refractivity contribution is -0.141. The number of ether oxygens (including phenoxy) is 1. The molecule has 1 amide bonds. The van der Waals surface area contributed by atoms with Crippen molar-refractivity contribution in [2.24, 2.45) is 5.92 Å². The first-order chi connectivity index (χ1) is 12.6. The van der Waals surface area contributed by atoms with Crippen LogP contribution in [-0.2, 0) is 14.8 Å². The van der Waals surface area contributed by atoms with Crippen molar-refractivity contribution >= 4 is 21.9 Å². The molecular weight excluding hydrogens is 372 g/mol. The fraction of sp³-hybridized carbons (Fsp3) is 0.556. The number of hydrogen-bond acceptors (Lipinski definition) is 5. The maximum absolute atomic E-state index is 13.0. The number of sulfonamides is 1. The highest BCUT2D eigenvalue weighted by Crippen LogP contribution is 2.31. The summed E-state index contributed by atoms with van der Waals surface area (Å²) in [7, 11) is -2.51. The van der Waals surface area contributed by atoms with E-state index < -0.39 is 21.9 Å². The van der Waals surface area contributed by atoms with Crippen LogP contribution in [0.1, 0.15) is 44.0 Å². The minimum Gasteiger partial charge on any atom is -0.495 e. The van der Waals surface area contributed by atoms with Gasteiger partial charge in [0.05, 0.1) is 13.0 Å². The van der Waals surface area contributed by atoms with E-state index in [0.717, 1.165) is 12.8 Å². The first-order valence-electron chi connectivity index (χ1n) is 8.81. The van der Waals surface area contributed by atoms with Crippen LogP contribution in [0.25, 0.3) is 0 Å². The lowest BCUT2D eigenvalue weighted by Crippen LogP contribution is -2.38. The number of amides is 1. The fourth-order valence-corrected chi connectivity index (χ4v) is 4.16. The number of hydrogen-bond donors (Lipinski definition) is 2. The molecule has 0 aromatic heterocycles. The van der Waals surface area contributed by atoms with E-state index in [9.17, 15) is 18.0 Å². The van der Waals surface area contributed by atoms with Gasteiger partial charge < -0.3 is 14.7 Å². The van der Waals surface area contributed by atoms with Crippen LogP contribution in [0.5, 0.6) is 5.75 Å². The zero-order valence-corrected chi connectivity index (χ0v) is 16.7.